The van der Waals surface area contributed by atoms with Gasteiger partial charge >= 0.3 is 0 Å². The van der Waals surface area contributed by atoms with Crippen molar-refractivity contribution in [3.63, 3.8) is 0 Å². The number of carbonyl (C=O) groups is 1. The van der Waals surface area contributed by atoms with Gasteiger partial charge in [-0.3, -0.25) is 4.79 Å². The molecule has 1 aromatic carbocycles. The minimum Gasteiger partial charge on any atom is -0.497 e. The molecule has 3 heteroatoms. The molecule has 0 saturated heterocycles. The number of carbonyl (C=O) groups excluding carboxylic acids is 1. The third-order valence-electron chi connectivity index (χ3n) is 2.89. The molecule has 1 rings (SSSR count). The largest absolute Gasteiger partial charge is 0.497 e. The number of aldehydes is 1. The number of methoxy groups -OCH3 is 1. The van der Waals surface area contributed by atoms with E-state index in [1.807, 2.05) is 30.3 Å². The third-order valence-corrected chi connectivity index (χ3v) is 2.89. The van der Waals surface area contributed by atoms with E-state index in [9.17, 15) is 4.79 Å². The lowest BCUT2D eigenvalue weighted by Crippen LogP contribution is -2.07. The Morgan fingerprint density at radius 1 is 1.26 bits per heavy atom. The van der Waals surface area contributed by atoms with Crippen molar-refractivity contribution in [1.29, 1.82) is 0 Å². The van der Waals surface area contributed by atoms with Gasteiger partial charge in [0.2, 0.25) is 0 Å². The number of hydrogen-bond donors (Lipinski definition) is 0. The van der Waals surface area contributed by atoms with Crippen LogP contribution in [0.1, 0.15) is 31.7 Å². The molecule has 0 aliphatic rings. The van der Waals surface area contributed by atoms with Crippen LogP contribution < -0.4 is 4.74 Å². The van der Waals surface area contributed by atoms with Crippen LogP contribution >= 0.6 is 0 Å². The number of unbranched alkanes of at least 4 members (excludes halogenated alkanes) is 1. The quantitative estimate of drug-likeness (QED) is 0.388. The molecule has 19 heavy (non-hydrogen) atoms. The highest BCUT2D eigenvalue weighted by molar-refractivity contribution is 5.64. The molecule has 0 spiro atoms. The molecule has 0 saturated carbocycles. The molecule has 3 nitrogen and oxygen atoms in total. The van der Waals surface area contributed by atoms with E-state index in [4.69, 9.17) is 9.47 Å². The van der Waals surface area contributed by atoms with Crippen molar-refractivity contribution in [3.8, 4) is 5.75 Å². The van der Waals surface area contributed by atoms with Crippen LogP contribution in [0.15, 0.2) is 36.4 Å². The van der Waals surface area contributed by atoms with E-state index in [0.717, 1.165) is 36.9 Å². The van der Waals surface area contributed by atoms with Gasteiger partial charge in [-0.2, -0.15) is 0 Å². The normalized spacial score (nSPS) is 12.5. The highest BCUT2D eigenvalue weighted by Crippen LogP contribution is 2.13. The van der Waals surface area contributed by atoms with E-state index in [0.29, 0.717) is 6.61 Å². The highest BCUT2D eigenvalue weighted by atomic mass is 16.5. The second-order valence-corrected chi connectivity index (χ2v) is 4.46. The number of ether oxygens (including phenoxy) is 2. The Kier molecular flexibility index (Phi) is 7.59. The molecule has 1 aromatic rings. The number of hydrogen-bond acceptors (Lipinski definition) is 3. The van der Waals surface area contributed by atoms with Crippen molar-refractivity contribution in [2.45, 2.75) is 38.9 Å². The molecule has 0 radical (unpaired) electrons. The van der Waals surface area contributed by atoms with Gasteiger partial charge in [0.05, 0.1) is 19.8 Å². The van der Waals surface area contributed by atoms with Crippen LogP contribution in [0.2, 0.25) is 0 Å². The minimum atomic E-state index is 0.228. The van der Waals surface area contributed by atoms with E-state index in [1.165, 1.54) is 0 Å². The van der Waals surface area contributed by atoms with Crippen LogP contribution in [0.4, 0.5) is 0 Å². The minimum absolute atomic E-state index is 0.228. The smallest absolute Gasteiger partial charge is 0.142 e. The summed E-state index contributed by atoms with van der Waals surface area (Å²) >= 11 is 0. The fraction of sp³-hybridized carbons (Fsp3) is 0.438. The van der Waals surface area contributed by atoms with Crippen LogP contribution in [0.3, 0.4) is 0 Å². The van der Waals surface area contributed by atoms with Crippen LogP contribution in [-0.2, 0) is 16.1 Å². The number of benzene rings is 1. The molecular weight excluding hydrogens is 240 g/mol. The fourth-order valence-electron chi connectivity index (χ4n) is 1.72. The Bertz CT molecular complexity index is 381. The van der Waals surface area contributed by atoms with E-state index in [2.05, 4.69) is 6.92 Å². The Balaban J connectivity index is 2.19. The van der Waals surface area contributed by atoms with E-state index >= 15 is 0 Å². The topological polar surface area (TPSA) is 35.5 Å². The Morgan fingerprint density at radius 3 is 2.63 bits per heavy atom. The molecule has 0 amide bonds. The first-order valence-corrected chi connectivity index (χ1v) is 6.61. The zero-order valence-electron chi connectivity index (χ0n) is 11.7. The predicted molar refractivity (Wildman–Crippen MR) is 76.3 cm³/mol. The van der Waals surface area contributed by atoms with Crippen molar-refractivity contribution in [2.75, 3.05) is 7.11 Å². The summed E-state index contributed by atoms with van der Waals surface area (Å²) in [6, 6.07) is 7.90. The Morgan fingerprint density at radius 2 is 2.00 bits per heavy atom. The first kappa shape index (κ1) is 15.4. The lowest BCUT2D eigenvalue weighted by molar-refractivity contribution is -0.104. The van der Waals surface area contributed by atoms with Crippen molar-refractivity contribution < 1.29 is 14.3 Å². The molecule has 0 bridgehead atoms. The first-order valence-electron chi connectivity index (χ1n) is 6.61. The predicted octanol–water partition coefficient (Wildman–Crippen LogP) is 3.53. The van der Waals surface area contributed by atoms with Crippen LogP contribution in [-0.4, -0.2) is 19.5 Å². The van der Waals surface area contributed by atoms with Gasteiger partial charge in [-0.05, 0) is 50.0 Å². The second kappa shape index (κ2) is 9.34. The molecule has 0 unspecified atom stereocenters. The standard InChI is InChI=1S/C16H22O3/c1-14(7-5-3-4-6-12-17)19-13-15-8-10-16(18-2)11-9-15/h4,6,8-12,14H,3,5,7,13H2,1-2H3/t14-/m1/s1. The van der Waals surface area contributed by atoms with Gasteiger partial charge in [0, 0.05) is 0 Å². The zero-order valence-corrected chi connectivity index (χ0v) is 11.7. The van der Waals surface area contributed by atoms with Gasteiger partial charge in [-0.25, -0.2) is 0 Å². The van der Waals surface area contributed by atoms with Gasteiger partial charge in [0.1, 0.15) is 12.0 Å². The molecule has 104 valence electrons. The van der Waals surface area contributed by atoms with E-state index in [1.54, 1.807) is 13.2 Å². The molecule has 0 N–H and O–H groups in total. The van der Waals surface area contributed by atoms with Crippen molar-refractivity contribution in [2.24, 2.45) is 0 Å². The monoisotopic (exact) mass is 262 g/mol. The molecular formula is C16H22O3. The maximum Gasteiger partial charge on any atom is 0.142 e. The van der Waals surface area contributed by atoms with E-state index in [-0.39, 0.29) is 6.10 Å². The summed E-state index contributed by atoms with van der Waals surface area (Å²) in [5, 5.41) is 0. The van der Waals surface area contributed by atoms with Crippen molar-refractivity contribution in [1.82, 2.24) is 0 Å². The Hall–Kier alpha value is -1.61. The summed E-state index contributed by atoms with van der Waals surface area (Å²) < 4.78 is 10.9. The van der Waals surface area contributed by atoms with Gasteiger partial charge < -0.3 is 9.47 Å². The van der Waals surface area contributed by atoms with Crippen LogP contribution in [0.5, 0.6) is 5.75 Å². The maximum atomic E-state index is 10.1. The van der Waals surface area contributed by atoms with Gasteiger partial charge in [0.25, 0.3) is 0 Å². The summed E-state index contributed by atoms with van der Waals surface area (Å²) in [4.78, 5) is 10.1. The van der Waals surface area contributed by atoms with Gasteiger partial charge in [-0.15, -0.1) is 0 Å². The van der Waals surface area contributed by atoms with Crippen LogP contribution in [0, 0.1) is 0 Å². The average molecular weight is 262 g/mol. The van der Waals surface area contributed by atoms with Gasteiger partial charge in [0.15, 0.2) is 0 Å². The number of rotatable bonds is 9. The number of allylic oxidation sites excluding steroid dienone is 2. The molecule has 0 aliphatic carbocycles. The first-order chi connectivity index (χ1) is 9.26. The lowest BCUT2D eigenvalue weighted by Gasteiger charge is -2.12. The second-order valence-electron chi connectivity index (χ2n) is 4.46. The molecule has 0 aliphatic heterocycles. The molecule has 0 heterocycles. The van der Waals surface area contributed by atoms with Crippen molar-refractivity contribution >= 4 is 6.29 Å². The summed E-state index contributed by atoms with van der Waals surface area (Å²) in [6.45, 7) is 2.70. The van der Waals surface area contributed by atoms with Crippen molar-refractivity contribution in [3.05, 3.63) is 42.0 Å². The van der Waals surface area contributed by atoms with E-state index < -0.39 is 0 Å². The van der Waals surface area contributed by atoms with Crippen LogP contribution in [0.25, 0.3) is 0 Å². The zero-order chi connectivity index (χ0) is 13.9. The summed E-state index contributed by atoms with van der Waals surface area (Å²) in [5.41, 5.74) is 1.15. The molecule has 0 fully saturated rings. The average Bonchev–Trinajstić information content (AvgIpc) is 2.45. The van der Waals surface area contributed by atoms with Gasteiger partial charge in [-0.1, -0.05) is 18.2 Å². The summed E-state index contributed by atoms with van der Waals surface area (Å²) in [7, 11) is 1.66. The lowest BCUT2D eigenvalue weighted by atomic mass is 10.1. The maximum absolute atomic E-state index is 10.1. The molecule has 1 atom stereocenters. The summed E-state index contributed by atoms with van der Waals surface area (Å²) in [6.07, 6.45) is 7.43. The Labute approximate surface area is 115 Å². The summed E-state index contributed by atoms with van der Waals surface area (Å²) in [5.74, 6) is 0.860. The SMILES string of the molecule is COc1ccc(CO[C@H](C)CCCC=CC=O)cc1. The third kappa shape index (κ3) is 6.77. The molecule has 0 aromatic heterocycles. The highest BCUT2D eigenvalue weighted by Gasteiger charge is 2.02. The fourth-order valence-corrected chi connectivity index (χ4v) is 1.72.